The van der Waals surface area contributed by atoms with Crippen LogP contribution in [0.15, 0.2) is 18.2 Å². The molecule has 2 rings (SSSR count). The van der Waals surface area contributed by atoms with Crippen molar-refractivity contribution in [1.82, 2.24) is 0 Å². The first-order valence-corrected chi connectivity index (χ1v) is 4.85. The van der Waals surface area contributed by atoms with Gasteiger partial charge in [-0.3, -0.25) is 4.79 Å². The topological polar surface area (TPSA) is 38.3 Å². The third-order valence-electron chi connectivity index (χ3n) is 2.25. The molecule has 0 bridgehead atoms. The Labute approximate surface area is 83.1 Å². The number of nitrogens with one attached hydrogen (secondary N) is 1. The zero-order valence-electron chi connectivity index (χ0n) is 8.17. The van der Waals surface area contributed by atoms with Crippen LogP contribution in [-0.4, -0.2) is 18.9 Å². The Balaban J connectivity index is 2.36. The van der Waals surface area contributed by atoms with Crippen molar-refractivity contribution in [3.63, 3.8) is 0 Å². The molecule has 0 fully saturated rings. The monoisotopic (exact) mass is 191 g/mol. The summed E-state index contributed by atoms with van der Waals surface area (Å²) in [7, 11) is 0. The number of ketones is 1. The average Bonchev–Trinajstić information content (AvgIpc) is 2.20. The molecule has 0 saturated heterocycles. The van der Waals surface area contributed by atoms with E-state index in [1.807, 2.05) is 25.1 Å². The molecule has 0 aliphatic carbocycles. The van der Waals surface area contributed by atoms with Gasteiger partial charge in [-0.05, 0) is 25.1 Å². The lowest BCUT2D eigenvalue weighted by Crippen LogP contribution is -2.15. The van der Waals surface area contributed by atoms with E-state index in [0.717, 1.165) is 12.2 Å². The lowest BCUT2D eigenvalue weighted by molar-refractivity contribution is 0.0933. The largest absolute Gasteiger partial charge is 0.492 e. The van der Waals surface area contributed by atoms with Gasteiger partial charge < -0.3 is 10.1 Å². The number of anilines is 1. The molecule has 1 N–H and O–H groups in total. The maximum atomic E-state index is 11.5. The zero-order valence-corrected chi connectivity index (χ0v) is 8.17. The Hall–Kier alpha value is -1.51. The molecule has 1 aromatic rings. The molecule has 0 aromatic heterocycles. The molecule has 1 heterocycles. The van der Waals surface area contributed by atoms with E-state index in [4.69, 9.17) is 4.74 Å². The van der Waals surface area contributed by atoms with Gasteiger partial charge in [-0.1, -0.05) is 0 Å². The molecule has 0 radical (unpaired) electrons. The molecule has 1 aliphatic heterocycles. The molecule has 1 aliphatic rings. The van der Waals surface area contributed by atoms with Crippen LogP contribution in [0.5, 0.6) is 5.75 Å². The molecule has 0 spiro atoms. The van der Waals surface area contributed by atoms with Gasteiger partial charge in [-0.25, -0.2) is 0 Å². The van der Waals surface area contributed by atoms with Crippen LogP contribution < -0.4 is 10.1 Å². The average molecular weight is 191 g/mol. The molecule has 0 saturated carbocycles. The van der Waals surface area contributed by atoms with Gasteiger partial charge in [0, 0.05) is 18.7 Å². The maximum Gasteiger partial charge on any atom is 0.170 e. The van der Waals surface area contributed by atoms with E-state index < -0.39 is 0 Å². The van der Waals surface area contributed by atoms with Crippen molar-refractivity contribution in [2.45, 2.75) is 13.3 Å². The highest BCUT2D eigenvalue weighted by Crippen LogP contribution is 2.27. The molecular formula is C11H13NO2. The molecule has 0 amide bonds. The SMILES string of the molecule is CCNc1ccc2c(c1)C(=O)CCO2. The summed E-state index contributed by atoms with van der Waals surface area (Å²) in [4.78, 5) is 11.5. The van der Waals surface area contributed by atoms with Gasteiger partial charge in [0.05, 0.1) is 12.2 Å². The van der Waals surface area contributed by atoms with Crippen molar-refractivity contribution in [2.24, 2.45) is 0 Å². The van der Waals surface area contributed by atoms with Crippen molar-refractivity contribution in [1.29, 1.82) is 0 Å². The molecule has 3 heteroatoms. The van der Waals surface area contributed by atoms with Crippen LogP contribution in [0.2, 0.25) is 0 Å². The highest BCUT2D eigenvalue weighted by Gasteiger charge is 2.18. The minimum atomic E-state index is 0.172. The molecule has 14 heavy (non-hydrogen) atoms. The van der Waals surface area contributed by atoms with Gasteiger partial charge in [-0.15, -0.1) is 0 Å². The van der Waals surface area contributed by atoms with Crippen LogP contribution in [-0.2, 0) is 0 Å². The summed E-state index contributed by atoms with van der Waals surface area (Å²) in [5, 5.41) is 3.17. The van der Waals surface area contributed by atoms with Crippen molar-refractivity contribution < 1.29 is 9.53 Å². The molecule has 0 atom stereocenters. The van der Waals surface area contributed by atoms with E-state index in [2.05, 4.69) is 5.32 Å². The van der Waals surface area contributed by atoms with E-state index in [-0.39, 0.29) is 5.78 Å². The van der Waals surface area contributed by atoms with Gasteiger partial charge in [0.15, 0.2) is 5.78 Å². The maximum absolute atomic E-state index is 11.5. The summed E-state index contributed by atoms with van der Waals surface area (Å²) in [6.45, 7) is 3.39. The summed E-state index contributed by atoms with van der Waals surface area (Å²) in [5.41, 5.74) is 1.68. The lowest BCUT2D eigenvalue weighted by atomic mass is 10.0. The molecular weight excluding hydrogens is 178 g/mol. The van der Waals surface area contributed by atoms with Crippen LogP contribution in [0.25, 0.3) is 0 Å². The van der Waals surface area contributed by atoms with Gasteiger partial charge in [0.2, 0.25) is 0 Å². The minimum absolute atomic E-state index is 0.172. The van der Waals surface area contributed by atoms with Crippen LogP contribution in [0.4, 0.5) is 5.69 Å². The van der Waals surface area contributed by atoms with Crippen molar-refractivity contribution in [3.8, 4) is 5.75 Å². The van der Waals surface area contributed by atoms with Gasteiger partial charge in [0.1, 0.15) is 5.75 Å². The number of ether oxygens (including phenoxy) is 1. The summed E-state index contributed by atoms with van der Waals surface area (Å²) in [6.07, 6.45) is 0.489. The summed E-state index contributed by atoms with van der Waals surface area (Å²) >= 11 is 0. The number of Topliss-reactive ketones (excluding diaryl/α,β-unsaturated/α-hetero) is 1. The molecule has 0 unspecified atom stereocenters. The van der Waals surface area contributed by atoms with Crippen LogP contribution in [0, 0.1) is 0 Å². The zero-order chi connectivity index (χ0) is 9.97. The number of carbonyl (C=O) groups is 1. The van der Waals surface area contributed by atoms with E-state index in [9.17, 15) is 4.79 Å². The number of hydrogen-bond donors (Lipinski definition) is 1. The first-order chi connectivity index (χ1) is 6.81. The predicted molar refractivity (Wildman–Crippen MR) is 55.0 cm³/mol. The minimum Gasteiger partial charge on any atom is -0.492 e. The summed E-state index contributed by atoms with van der Waals surface area (Å²) in [6, 6.07) is 5.64. The fourth-order valence-electron chi connectivity index (χ4n) is 1.58. The second-order valence-corrected chi connectivity index (χ2v) is 3.26. The Morgan fingerprint density at radius 3 is 3.14 bits per heavy atom. The Bertz CT molecular complexity index is 360. The van der Waals surface area contributed by atoms with E-state index in [0.29, 0.717) is 24.3 Å². The Morgan fingerprint density at radius 1 is 1.50 bits per heavy atom. The van der Waals surface area contributed by atoms with Gasteiger partial charge in [-0.2, -0.15) is 0 Å². The highest BCUT2D eigenvalue weighted by molar-refractivity contribution is 6.00. The number of rotatable bonds is 2. The lowest BCUT2D eigenvalue weighted by Gasteiger charge is -2.17. The van der Waals surface area contributed by atoms with Crippen molar-refractivity contribution in [3.05, 3.63) is 23.8 Å². The standard InChI is InChI=1S/C11H13NO2/c1-2-12-8-3-4-11-9(7-8)10(13)5-6-14-11/h3-4,7,12H,2,5-6H2,1H3. The Morgan fingerprint density at radius 2 is 2.36 bits per heavy atom. The first kappa shape index (κ1) is 9.06. The van der Waals surface area contributed by atoms with Gasteiger partial charge in [0.25, 0.3) is 0 Å². The molecule has 74 valence electrons. The normalized spacial score (nSPS) is 14.5. The number of benzene rings is 1. The van der Waals surface area contributed by atoms with Crippen molar-refractivity contribution in [2.75, 3.05) is 18.5 Å². The summed E-state index contributed by atoms with van der Waals surface area (Å²) in [5.74, 6) is 0.883. The quantitative estimate of drug-likeness (QED) is 0.777. The van der Waals surface area contributed by atoms with Crippen LogP contribution in [0.3, 0.4) is 0 Å². The summed E-state index contributed by atoms with van der Waals surface area (Å²) < 4.78 is 5.38. The number of fused-ring (bicyclic) bond motifs is 1. The van der Waals surface area contributed by atoms with Crippen LogP contribution in [0.1, 0.15) is 23.7 Å². The second-order valence-electron chi connectivity index (χ2n) is 3.26. The fraction of sp³-hybridized carbons (Fsp3) is 0.364. The smallest absolute Gasteiger partial charge is 0.170 e. The number of carbonyl (C=O) groups excluding carboxylic acids is 1. The predicted octanol–water partition coefficient (Wildman–Crippen LogP) is 2.08. The van der Waals surface area contributed by atoms with E-state index in [1.165, 1.54) is 0 Å². The molecule has 3 nitrogen and oxygen atoms in total. The Kier molecular flexibility index (Phi) is 2.39. The molecule has 1 aromatic carbocycles. The highest BCUT2D eigenvalue weighted by atomic mass is 16.5. The number of hydrogen-bond acceptors (Lipinski definition) is 3. The van der Waals surface area contributed by atoms with E-state index in [1.54, 1.807) is 0 Å². The van der Waals surface area contributed by atoms with Crippen LogP contribution >= 0.6 is 0 Å². The third-order valence-corrected chi connectivity index (χ3v) is 2.25. The van der Waals surface area contributed by atoms with E-state index >= 15 is 0 Å². The fourth-order valence-corrected chi connectivity index (χ4v) is 1.58. The van der Waals surface area contributed by atoms with Crippen molar-refractivity contribution >= 4 is 11.5 Å². The second kappa shape index (κ2) is 3.70. The third kappa shape index (κ3) is 1.58. The van der Waals surface area contributed by atoms with Gasteiger partial charge >= 0.3 is 0 Å². The first-order valence-electron chi connectivity index (χ1n) is 4.85.